The Kier molecular flexibility index (Phi) is 3.15. The van der Waals surface area contributed by atoms with Crippen LogP contribution in [0.2, 0.25) is 0 Å². The molecule has 0 fully saturated rings. The number of anilines is 1. The summed E-state index contributed by atoms with van der Waals surface area (Å²) in [5, 5.41) is 6.95. The molecule has 0 saturated heterocycles. The Morgan fingerprint density at radius 1 is 1.20 bits per heavy atom. The number of nitrogens with two attached hydrogens (primary N) is 1. The quantitative estimate of drug-likeness (QED) is 0.675. The molecular weight excluding hydrogens is 320 g/mol. The first kappa shape index (κ1) is 12.7. The van der Waals surface area contributed by atoms with Gasteiger partial charge in [0, 0.05) is 27.9 Å². The van der Waals surface area contributed by atoms with Crippen molar-refractivity contribution in [2.75, 3.05) is 5.73 Å². The smallest absolute Gasteiger partial charge is 0.248 e. The van der Waals surface area contributed by atoms with Crippen molar-refractivity contribution in [3.63, 3.8) is 0 Å². The van der Waals surface area contributed by atoms with Gasteiger partial charge in [-0.05, 0) is 12.1 Å². The van der Waals surface area contributed by atoms with Gasteiger partial charge in [-0.2, -0.15) is 5.10 Å². The van der Waals surface area contributed by atoms with Crippen LogP contribution in [-0.4, -0.2) is 15.2 Å². The lowest BCUT2D eigenvalue weighted by Gasteiger charge is -2.06. The van der Waals surface area contributed by atoms with Gasteiger partial charge in [0.25, 0.3) is 0 Å². The molecule has 0 bridgehead atoms. The zero-order valence-corrected chi connectivity index (χ0v) is 11.9. The highest BCUT2D eigenvalue weighted by Gasteiger charge is 2.16. The first-order valence-electron chi connectivity index (χ1n) is 5.94. The normalized spacial score (nSPS) is 10.7. The molecule has 3 aromatic rings. The van der Waals surface area contributed by atoms with Crippen LogP contribution in [0.5, 0.6) is 0 Å². The summed E-state index contributed by atoms with van der Waals surface area (Å²) in [6.07, 6.45) is 1.60. The van der Waals surface area contributed by atoms with Crippen LogP contribution >= 0.6 is 15.9 Å². The van der Waals surface area contributed by atoms with Crippen molar-refractivity contribution in [2.45, 2.75) is 0 Å². The number of nitrogens with one attached hydrogen (secondary N) is 2. The highest BCUT2D eigenvalue weighted by atomic mass is 79.9. The number of H-pyrrole nitrogens is 2. The van der Waals surface area contributed by atoms with Gasteiger partial charge in [0.15, 0.2) is 5.82 Å². The van der Waals surface area contributed by atoms with Crippen LogP contribution in [0, 0.1) is 0 Å². The maximum absolute atomic E-state index is 11.5. The SMILES string of the molecule is Nc1n[nH]c(-c2cc[nH]c(=O)c2)c1-c1ccccc1Br. The van der Waals surface area contributed by atoms with Crippen molar-refractivity contribution in [1.82, 2.24) is 15.2 Å². The molecular formula is C14H11BrN4O. The van der Waals surface area contributed by atoms with E-state index in [9.17, 15) is 4.79 Å². The van der Waals surface area contributed by atoms with Gasteiger partial charge >= 0.3 is 0 Å². The summed E-state index contributed by atoms with van der Waals surface area (Å²) >= 11 is 3.51. The van der Waals surface area contributed by atoms with Crippen molar-refractivity contribution in [3.05, 3.63) is 57.4 Å². The van der Waals surface area contributed by atoms with Crippen LogP contribution < -0.4 is 11.3 Å². The molecule has 3 rings (SSSR count). The molecule has 6 heteroatoms. The van der Waals surface area contributed by atoms with E-state index in [4.69, 9.17) is 5.73 Å². The van der Waals surface area contributed by atoms with Gasteiger partial charge in [-0.3, -0.25) is 9.89 Å². The first-order valence-corrected chi connectivity index (χ1v) is 6.74. The summed E-state index contributed by atoms with van der Waals surface area (Å²) in [7, 11) is 0. The van der Waals surface area contributed by atoms with Gasteiger partial charge < -0.3 is 10.7 Å². The molecule has 0 radical (unpaired) electrons. The third-order valence-corrected chi connectivity index (χ3v) is 3.69. The molecule has 1 aromatic carbocycles. The lowest BCUT2D eigenvalue weighted by Crippen LogP contribution is -2.02. The summed E-state index contributed by atoms with van der Waals surface area (Å²) in [6.45, 7) is 0. The van der Waals surface area contributed by atoms with E-state index in [1.807, 2.05) is 24.3 Å². The lowest BCUT2D eigenvalue weighted by molar-refractivity contribution is 1.10. The van der Waals surface area contributed by atoms with Gasteiger partial charge in [0.2, 0.25) is 5.56 Å². The van der Waals surface area contributed by atoms with Crippen LogP contribution in [0.4, 0.5) is 5.82 Å². The minimum atomic E-state index is -0.172. The number of nitrogens with zero attached hydrogens (tertiary/aromatic N) is 1. The van der Waals surface area contributed by atoms with E-state index in [0.29, 0.717) is 5.82 Å². The fourth-order valence-corrected chi connectivity index (χ4v) is 2.58. The van der Waals surface area contributed by atoms with Crippen molar-refractivity contribution < 1.29 is 0 Å². The number of benzene rings is 1. The third-order valence-electron chi connectivity index (χ3n) is 3.00. The Hall–Kier alpha value is -2.34. The predicted octanol–water partition coefficient (Wildman–Crippen LogP) is 2.78. The van der Waals surface area contributed by atoms with Gasteiger partial charge in [-0.15, -0.1) is 0 Å². The number of halogens is 1. The first-order chi connectivity index (χ1) is 9.66. The largest absolute Gasteiger partial charge is 0.382 e. The van der Waals surface area contributed by atoms with Crippen LogP contribution in [0.25, 0.3) is 22.4 Å². The minimum Gasteiger partial charge on any atom is -0.382 e. The average molecular weight is 331 g/mol. The second-order valence-corrected chi connectivity index (χ2v) is 5.13. The number of aromatic amines is 2. The fourth-order valence-electron chi connectivity index (χ4n) is 2.10. The molecule has 5 nitrogen and oxygen atoms in total. The van der Waals surface area contributed by atoms with Crippen molar-refractivity contribution in [3.8, 4) is 22.4 Å². The summed E-state index contributed by atoms with van der Waals surface area (Å²) in [6, 6.07) is 11.0. The molecule has 0 aliphatic heterocycles. The molecule has 2 aromatic heterocycles. The van der Waals surface area contributed by atoms with Crippen molar-refractivity contribution in [2.24, 2.45) is 0 Å². The van der Waals surface area contributed by atoms with E-state index in [1.54, 1.807) is 12.3 Å². The lowest BCUT2D eigenvalue weighted by atomic mass is 10.0. The molecule has 0 spiro atoms. The maximum Gasteiger partial charge on any atom is 0.248 e. The molecule has 100 valence electrons. The van der Waals surface area contributed by atoms with Gasteiger partial charge in [-0.25, -0.2) is 0 Å². The summed E-state index contributed by atoms with van der Waals surface area (Å²) in [5.41, 5.74) is 8.96. The number of hydrogen-bond acceptors (Lipinski definition) is 3. The number of pyridine rings is 1. The van der Waals surface area contributed by atoms with Crippen molar-refractivity contribution in [1.29, 1.82) is 0 Å². The number of nitrogen functional groups attached to an aromatic ring is 1. The van der Waals surface area contributed by atoms with Crippen LogP contribution in [-0.2, 0) is 0 Å². The van der Waals surface area contributed by atoms with E-state index >= 15 is 0 Å². The molecule has 0 saturated carbocycles. The summed E-state index contributed by atoms with van der Waals surface area (Å²) in [5.74, 6) is 0.396. The Balaban J connectivity index is 2.26. The Morgan fingerprint density at radius 2 is 2.00 bits per heavy atom. The Morgan fingerprint density at radius 3 is 2.75 bits per heavy atom. The van der Waals surface area contributed by atoms with E-state index in [0.717, 1.165) is 26.9 Å². The zero-order valence-electron chi connectivity index (χ0n) is 10.4. The van der Waals surface area contributed by atoms with Gasteiger partial charge in [0.1, 0.15) is 0 Å². The third kappa shape index (κ3) is 2.14. The molecule has 0 unspecified atom stereocenters. The van der Waals surface area contributed by atoms with E-state index in [1.165, 1.54) is 6.07 Å². The van der Waals surface area contributed by atoms with E-state index in [-0.39, 0.29) is 5.56 Å². The monoisotopic (exact) mass is 330 g/mol. The predicted molar refractivity (Wildman–Crippen MR) is 82.2 cm³/mol. The topological polar surface area (TPSA) is 87.6 Å². The van der Waals surface area contributed by atoms with Gasteiger partial charge in [-0.1, -0.05) is 34.1 Å². The molecule has 0 aliphatic carbocycles. The highest BCUT2D eigenvalue weighted by Crippen LogP contribution is 2.37. The van der Waals surface area contributed by atoms with Crippen LogP contribution in [0.3, 0.4) is 0 Å². The molecule has 4 N–H and O–H groups in total. The molecule has 0 amide bonds. The fraction of sp³-hybridized carbons (Fsp3) is 0. The van der Waals surface area contributed by atoms with E-state index in [2.05, 4.69) is 31.1 Å². The molecule has 20 heavy (non-hydrogen) atoms. The molecule has 2 heterocycles. The van der Waals surface area contributed by atoms with Crippen LogP contribution in [0.15, 0.2) is 51.9 Å². The maximum atomic E-state index is 11.5. The minimum absolute atomic E-state index is 0.172. The Labute approximate surface area is 123 Å². The van der Waals surface area contributed by atoms with E-state index < -0.39 is 0 Å². The molecule has 0 atom stereocenters. The highest BCUT2D eigenvalue weighted by molar-refractivity contribution is 9.10. The van der Waals surface area contributed by atoms with Crippen LogP contribution in [0.1, 0.15) is 0 Å². The second-order valence-electron chi connectivity index (χ2n) is 4.28. The number of hydrogen-bond donors (Lipinski definition) is 3. The number of rotatable bonds is 2. The van der Waals surface area contributed by atoms with Crippen molar-refractivity contribution >= 4 is 21.7 Å². The standard InChI is InChI=1S/C14H11BrN4O/c15-10-4-2-1-3-9(10)12-13(18-19-14(12)16)8-5-6-17-11(20)7-8/h1-7H,(H,17,20)(H3,16,18,19). The second kappa shape index (κ2) is 4.97. The molecule has 0 aliphatic rings. The summed E-state index contributed by atoms with van der Waals surface area (Å²) in [4.78, 5) is 14.0. The number of aromatic nitrogens is 3. The summed E-state index contributed by atoms with van der Waals surface area (Å²) < 4.78 is 0.916. The zero-order chi connectivity index (χ0) is 14.1. The average Bonchev–Trinajstić information content (AvgIpc) is 2.81. The Bertz CT molecular complexity index is 822. The van der Waals surface area contributed by atoms with Gasteiger partial charge in [0.05, 0.1) is 11.3 Å².